The van der Waals surface area contributed by atoms with E-state index in [2.05, 4.69) is 53.8 Å². The Balaban J connectivity index is 1.80. The summed E-state index contributed by atoms with van der Waals surface area (Å²) in [6, 6.07) is 9.33. The number of benzene rings is 1. The van der Waals surface area contributed by atoms with Gasteiger partial charge < -0.3 is 5.32 Å². The van der Waals surface area contributed by atoms with Gasteiger partial charge in [-0.3, -0.25) is 0 Å². The minimum atomic E-state index is 0.301. The van der Waals surface area contributed by atoms with Crippen molar-refractivity contribution in [3.8, 4) is 0 Å². The van der Waals surface area contributed by atoms with Crippen LogP contribution in [0, 0.1) is 0 Å². The van der Waals surface area contributed by atoms with Gasteiger partial charge in [0.2, 0.25) is 0 Å². The van der Waals surface area contributed by atoms with Crippen LogP contribution in [0.25, 0.3) is 0 Å². The quantitative estimate of drug-likeness (QED) is 0.912. The smallest absolute Gasteiger partial charge is 0.0795 e. The summed E-state index contributed by atoms with van der Waals surface area (Å²) in [6.45, 7) is 5.56. The Hall–Kier alpha value is -1.19. The summed E-state index contributed by atoms with van der Waals surface area (Å²) in [5.41, 5.74) is 6.31. The van der Waals surface area contributed by atoms with Crippen LogP contribution in [0.5, 0.6) is 0 Å². The largest absolute Gasteiger partial charge is 0.304 e. The highest BCUT2D eigenvalue weighted by Gasteiger charge is 2.31. The van der Waals surface area contributed by atoms with E-state index in [1.807, 2.05) is 5.51 Å². The van der Waals surface area contributed by atoms with Crippen LogP contribution in [0.1, 0.15) is 49.6 Å². The first-order valence-electron chi connectivity index (χ1n) is 6.87. The van der Waals surface area contributed by atoms with Crippen molar-refractivity contribution >= 4 is 11.3 Å². The highest BCUT2D eigenvalue weighted by atomic mass is 32.1. The van der Waals surface area contributed by atoms with Crippen LogP contribution in [-0.4, -0.2) is 4.98 Å². The van der Waals surface area contributed by atoms with E-state index < -0.39 is 0 Å². The summed E-state index contributed by atoms with van der Waals surface area (Å²) in [4.78, 5) is 4.34. The molecular formula is C16H20N2S. The zero-order valence-corrected chi connectivity index (χ0v) is 12.3. The molecule has 1 aliphatic carbocycles. The van der Waals surface area contributed by atoms with Gasteiger partial charge in [-0.25, -0.2) is 4.98 Å². The average Bonchev–Trinajstić information content (AvgIpc) is 2.91. The molecule has 1 aliphatic rings. The molecule has 0 radical (unpaired) electrons. The van der Waals surface area contributed by atoms with Crippen molar-refractivity contribution in [2.24, 2.45) is 0 Å². The molecule has 1 heterocycles. The Morgan fingerprint density at radius 3 is 3.00 bits per heavy atom. The number of rotatable bonds is 3. The molecule has 3 heteroatoms. The molecule has 1 aromatic carbocycles. The molecule has 1 atom stereocenters. The molecule has 2 aromatic rings. The van der Waals surface area contributed by atoms with Crippen molar-refractivity contribution in [2.75, 3.05) is 0 Å². The molecule has 2 nitrogen and oxygen atoms in total. The van der Waals surface area contributed by atoms with Crippen LogP contribution in [0.2, 0.25) is 0 Å². The van der Waals surface area contributed by atoms with E-state index in [0.29, 0.717) is 11.5 Å². The molecule has 0 bridgehead atoms. The third-order valence-corrected chi connectivity index (χ3v) is 4.77. The maximum absolute atomic E-state index is 4.34. The van der Waals surface area contributed by atoms with Gasteiger partial charge in [-0.05, 0) is 29.4 Å². The van der Waals surface area contributed by atoms with E-state index in [1.165, 1.54) is 24.0 Å². The fraction of sp³-hybridized carbons (Fsp3) is 0.438. The van der Waals surface area contributed by atoms with Crippen molar-refractivity contribution in [1.29, 1.82) is 0 Å². The van der Waals surface area contributed by atoms with E-state index >= 15 is 0 Å². The molecule has 0 fully saturated rings. The lowest BCUT2D eigenvalue weighted by Crippen LogP contribution is -2.32. The van der Waals surface area contributed by atoms with Gasteiger partial charge in [0, 0.05) is 18.0 Å². The number of fused-ring (bicyclic) bond motifs is 1. The molecule has 1 unspecified atom stereocenters. The molecule has 0 amide bonds. The predicted molar refractivity (Wildman–Crippen MR) is 80.4 cm³/mol. The Bertz CT molecular complexity index is 546. The molecule has 0 saturated carbocycles. The van der Waals surface area contributed by atoms with E-state index in [9.17, 15) is 0 Å². The Morgan fingerprint density at radius 1 is 1.37 bits per heavy atom. The van der Waals surface area contributed by atoms with E-state index in [1.54, 1.807) is 11.3 Å². The summed E-state index contributed by atoms with van der Waals surface area (Å²) in [5, 5.41) is 5.78. The lowest BCUT2D eigenvalue weighted by Gasteiger charge is -2.37. The molecule has 0 saturated heterocycles. The Kier molecular flexibility index (Phi) is 3.42. The second-order valence-corrected chi connectivity index (χ2v) is 6.64. The number of hydrogen-bond donors (Lipinski definition) is 1. The first-order valence-corrected chi connectivity index (χ1v) is 7.81. The number of nitrogens with zero attached hydrogens (tertiary/aromatic N) is 1. The lowest BCUT2D eigenvalue weighted by molar-refractivity contribution is 0.357. The summed E-state index contributed by atoms with van der Waals surface area (Å²) in [7, 11) is 0. The van der Waals surface area contributed by atoms with Crippen LogP contribution in [0.3, 0.4) is 0 Å². The van der Waals surface area contributed by atoms with Crippen molar-refractivity contribution in [2.45, 2.75) is 44.7 Å². The minimum absolute atomic E-state index is 0.301. The fourth-order valence-corrected chi connectivity index (χ4v) is 3.54. The first-order chi connectivity index (χ1) is 9.17. The number of nitrogens with one attached hydrogen (secondary N) is 1. The highest BCUT2D eigenvalue weighted by molar-refractivity contribution is 7.07. The summed E-state index contributed by atoms with van der Waals surface area (Å²) < 4.78 is 0. The second kappa shape index (κ2) is 5.06. The van der Waals surface area contributed by atoms with Crippen LogP contribution >= 0.6 is 11.3 Å². The Morgan fingerprint density at radius 2 is 2.21 bits per heavy atom. The van der Waals surface area contributed by atoms with Crippen molar-refractivity contribution in [3.63, 3.8) is 0 Å². The number of hydrogen-bond acceptors (Lipinski definition) is 3. The van der Waals surface area contributed by atoms with Gasteiger partial charge in [-0.2, -0.15) is 0 Å². The molecule has 0 spiro atoms. The van der Waals surface area contributed by atoms with Gasteiger partial charge >= 0.3 is 0 Å². The van der Waals surface area contributed by atoms with Crippen LogP contribution in [0.4, 0.5) is 0 Å². The van der Waals surface area contributed by atoms with Crippen LogP contribution in [0.15, 0.2) is 35.2 Å². The predicted octanol–water partition coefficient (Wildman–Crippen LogP) is 4.05. The van der Waals surface area contributed by atoms with Crippen molar-refractivity contribution in [3.05, 3.63) is 52.0 Å². The molecular weight excluding hydrogens is 252 g/mol. The number of thiazole rings is 1. The first kappa shape index (κ1) is 12.8. The third kappa shape index (κ3) is 2.58. The topological polar surface area (TPSA) is 24.9 Å². The normalized spacial score (nSPS) is 21.1. The van der Waals surface area contributed by atoms with Crippen LogP contribution < -0.4 is 5.32 Å². The average molecular weight is 272 g/mol. The molecule has 100 valence electrons. The standard InChI is InChI=1S/C16H20N2S/c1-16(2)8-7-15(13-5-3-4-6-14(13)16)17-9-12-10-19-11-18-12/h3-6,10-11,15,17H,7-9H2,1-2H3. The fourth-order valence-electron chi connectivity index (χ4n) is 2.98. The van der Waals surface area contributed by atoms with Gasteiger partial charge in [0.25, 0.3) is 0 Å². The molecule has 3 rings (SSSR count). The van der Waals surface area contributed by atoms with Crippen molar-refractivity contribution in [1.82, 2.24) is 10.3 Å². The SMILES string of the molecule is CC1(C)CCC(NCc2cscn2)c2ccccc21. The van der Waals surface area contributed by atoms with E-state index in [0.717, 1.165) is 12.2 Å². The summed E-state index contributed by atoms with van der Waals surface area (Å²) >= 11 is 1.66. The van der Waals surface area contributed by atoms with Gasteiger partial charge in [-0.1, -0.05) is 38.1 Å². The van der Waals surface area contributed by atoms with E-state index in [4.69, 9.17) is 0 Å². The second-order valence-electron chi connectivity index (χ2n) is 5.92. The monoisotopic (exact) mass is 272 g/mol. The van der Waals surface area contributed by atoms with Crippen LogP contribution in [-0.2, 0) is 12.0 Å². The van der Waals surface area contributed by atoms with Crippen molar-refractivity contribution < 1.29 is 0 Å². The highest BCUT2D eigenvalue weighted by Crippen LogP contribution is 2.41. The van der Waals surface area contributed by atoms with E-state index in [-0.39, 0.29) is 0 Å². The maximum Gasteiger partial charge on any atom is 0.0795 e. The maximum atomic E-state index is 4.34. The zero-order chi connectivity index (χ0) is 13.3. The summed E-state index contributed by atoms with van der Waals surface area (Å²) in [5.74, 6) is 0. The zero-order valence-electron chi connectivity index (χ0n) is 11.5. The molecule has 0 aliphatic heterocycles. The van der Waals surface area contributed by atoms with Gasteiger partial charge in [0.1, 0.15) is 0 Å². The lowest BCUT2D eigenvalue weighted by atomic mass is 9.71. The van der Waals surface area contributed by atoms with Gasteiger partial charge in [0.05, 0.1) is 11.2 Å². The molecule has 1 N–H and O–H groups in total. The van der Waals surface area contributed by atoms with Gasteiger partial charge in [-0.15, -0.1) is 11.3 Å². The number of aromatic nitrogens is 1. The molecule has 1 aromatic heterocycles. The minimum Gasteiger partial charge on any atom is -0.304 e. The Labute approximate surface area is 118 Å². The van der Waals surface area contributed by atoms with Gasteiger partial charge in [0.15, 0.2) is 0 Å². The summed E-state index contributed by atoms with van der Waals surface area (Å²) in [6.07, 6.45) is 2.44. The molecule has 19 heavy (non-hydrogen) atoms. The third-order valence-electron chi connectivity index (χ3n) is 4.14.